The average molecular weight is 504 g/mol. The van der Waals surface area contributed by atoms with Crippen molar-refractivity contribution in [3.05, 3.63) is 74.7 Å². The number of hydrogen-bond acceptors (Lipinski definition) is 3. The van der Waals surface area contributed by atoms with Crippen molar-refractivity contribution in [3.63, 3.8) is 0 Å². The molecule has 33 heavy (non-hydrogen) atoms. The fourth-order valence-electron chi connectivity index (χ4n) is 3.39. The summed E-state index contributed by atoms with van der Waals surface area (Å²) in [5, 5.41) is 17.3. The largest absolute Gasteiger partial charge is 0.388 e. The van der Waals surface area contributed by atoms with Crippen LogP contribution in [-0.4, -0.2) is 37.8 Å². The maximum Gasteiger partial charge on any atom is 0.188 e. The monoisotopic (exact) mass is 502 g/mol. The molecule has 0 unspecified atom stereocenters. The third kappa shape index (κ3) is 6.11. The van der Waals surface area contributed by atoms with Crippen LogP contribution in [-0.2, 0) is 6.42 Å². The van der Waals surface area contributed by atoms with Gasteiger partial charge in [-0.1, -0.05) is 40.9 Å². The fourth-order valence-corrected chi connectivity index (χ4v) is 3.87. The molecule has 172 valence electrons. The lowest BCUT2D eigenvalue weighted by molar-refractivity contribution is 0.860. The first-order valence-electron chi connectivity index (χ1n) is 10.2. The zero-order chi connectivity index (χ0) is 24.0. The highest BCUT2D eigenvalue weighted by molar-refractivity contribution is 6.42. The minimum absolute atomic E-state index is 0.453. The number of benzene rings is 3. The number of hydrogen-bond donors (Lipinski definition) is 5. The summed E-state index contributed by atoms with van der Waals surface area (Å²) in [6.45, 7) is 0.724. The molecule has 0 saturated heterocycles. The van der Waals surface area contributed by atoms with Crippen LogP contribution in [0.25, 0.3) is 21.8 Å². The van der Waals surface area contributed by atoms with Gasteiger partial charge in [0.1, 0.15) is 0 Å². The molecular weight excluding hydrogens is 479 g/mol. The van der Waals surface area contributed by atoms with E-state index in [1.165, 1.54) is 17.2 Å². The van der Waals surface area contributed by atoms with E-state index in [0.29, 0.717) is 16.0 Å². The number of anilines is 1. The number of halogens is 3. The number of H-pyrrole nitrogens is 1. The molecule has 4 aromatic rings. The number of guanidine groups is 1. The molecule has 0 aliphatic heterocycles. The van der Waals surface area contributed by atoms with E-state index < -0.39 is 0 Å². The summed E-state index contributed by atoms with van der Waals surface area (Å²) >= 11 is 17.4. The molecule has 1 aromatic heterocycles. The number of nitrogens with zero attached hydrogens (tertiary/aromatic N) is 1. The third-order valence-electron chi connectivity index (χ3n) is 5.09. The average Bonchev–Trinajstić information content (AvgIpc) is 3.19. The van der Waals surface area contributed by atoms with Crippen LogP contribution in [0.4, 0.5) is 5.69 Å². The van der Waals surface area contributed by atoms with Gasteiger partial charge in [0.15, 0.2) is 5.96 Å². The van der Waals surface area contributed by atoms with Crippen molar-refractivity contribution in [1.82, 2.24) is 10.3 Å². The summed E-state index contributed by atoms with van der Waals surface area (Å²) in [6, 6.07) is 15.3. The van der Waals surface area contributed by atoms with E-state index in [1.807, 2.05) is 25.2 Å². The molecule has 1 heterocycles. The van der Waals surface area contributed by atoms with Gasteiger partial charge < -0.3 is 26.8 Å². The van der Waals surface area contributed by atoms with Gasteiger partial charge in [-0.3, -0.25) is 4.99 Å². The number of aromatic nitrogens is 1. The first-order valence-corrected chi connectivity index (χ1v) is 11.3. The number of nitrogens with one attached hydrogen (secondary N) is 4. The highest BCUT2D eigenvalue weighted by atomic mass is 35.5. The van der Waals surface area contributed by atoms with E-state index in [1.54, 1.807) is 25.2 Å². The second-order valence-electron chi connectivity index (χ2n) is 7.23. The molecule has 0 atom stereocenters. The summed E-state index contributed by atoms with van der Waals surface area (Å²) in [7, 11) is 3.59. The lowest BCUT2D eigenvalue weighted by Crippen LogP contribution is -2.32. The minimum Gasteiger partial charge on any atom is -0.388 e. The highest BCUT2D eigenvalue weighted by Crippen LogP contribution is 2.32. The van der Waals surface area contributed by atoms with Crippen LogP contribution in [0.1, 0.15) is 11.1 Å². The van der Waals surface area contributed by atoms with Crippen molar-refractivity contribution in [3.8, 4) is 0 Å². The van der Waals surface area contributed by atoms with Crippen LogP contribution in [0.5, 0.6) is 0 Å². The Kier molecular flexibility index (Phi) is 8.44. The maximum absolute atomic E-state index is 6.88. The number of nitrogens with two attached hydrogens (primary N) is 1. The summed E-state index contributed by atoms with van der Waals surface area (Å²) in [5.74, 6) is 0.453. The Bertz CT molecular complexity index is 1310. The van der Waals surface area contributed by atoms with Gasteiger partial charge in [0, 0.05) is 59.4 Å². The Morgan fingerprint density at radius 2 is 1.85 bits per heavy atom. The van der Waals surface area contributed by atoms with Crippen molar-refractivity contribution in [2.75, 3.05) is 26.0 Å². The second-order valence-corrected chi connectivity index (χ2v) is 8.48. The zero-order valence-corrected chi connectivity index (χ0v) is 20.5. The molecule has 4 rings (SSSR count). The van der Waals surface area contributed by atoms with Crippen LogP contribution in [0.2, 0.25) is 15.1 Å². The number of fused-ring (bicyclic) bond motifs is 3. The van der Waals surface area contributed by atoms with E-state index >= 15 is 0 Å². The quantitative estimate of drug-likeness (QED) is 0.168. The van der Waals surface area contributed by atoms with Crippen molar-refractivity contribution in [2.24, 2.45) is 10.7 Å². The maximum atomic E-state index is 6.88. The lowest BCUT2D eigenvalue weighted by Gasteiger charge is -2.09. The Morgan fingerprint density at radius 1 is 1.06 bits per heavy atom. The molecule has 0 fully saturated rings. The zero-order valence-electron chi connectivity index (χ0n) is 18.3. The molecule has 0 bridgehead atoms. The Hall–Kier alpha value is -2.93. The highest BCUT2D eigenvalue weighted by Gasteiger charge is 2.11. The van der Waals surface area contributed by atoms with Gasteiger partial charge in [-0.05, 0) is 60.0 Å². The van der Waals surface area contributed by atoms with Gasteiger partial charge in [0.25, 0.3) is 0 Å². The van der Waals surface area contributed by atoms with E-state index in [2.05, 4.69) is 32.7 Å². The molecule has 0 radical (unpaired) electrons. The number of rotatable bonds is 5. The first-order chi connectivity index (χ1) is 15.9. The molecule has 9 heteroatoms. The summed E-state index contributed by atoms with van der Waals surface area (Å²) in [5.41, 5.74) is 11.0. The van der Waals surface area contributed by atoms with E-state index in [-0.39, 0.29) is 0 Å². The van der Waals surface area contributed by atoms with Crippen molar-refractivity contribution in [1.29, 1.82) is 5.41 Å². The van der Waals surface area contributed by atoms with Crippen LogP contribution >= 0.6 is 34.8 Å². The Morgan fingerprint density at radius 3 is 2.52 bits per heavy atom. The smallest absolute Gasteiger partial charge is 0.188 e. The molecule has 6 N–H and O–H groups in total. The van der Waals surface area contributed by atoms with Gasteiger partial charge >= 0.3 is 0 Å². The topological polar surface area (TPSA) is 102 Å². The standard InChI is InChI=1S/C17H20ClN5.C7H5Cl2N/c1-20-12-7-10(5-6-22-17(19)21-2)16-14(9-12)13-8-11(18)3-4-15(13)23-16;8-6-2-1-5(4-10)3-7(6)9/h3-4,7-9,20,23H,5-6H2,1-2H3,(H3,19,21,22);1-4,10H. The van der Waals surface area contributed by atoms with E-state index in [4.69, 9.17) is 45.9 Å². The molecule has 0 aliphatic carbocycles. The predicted molar refractivity (Wildman–Crippen MR) is 144 cm³/mol. The van der Waals surface area contributed by atoms with Crippen LogP contribution < -0.4 is 16.4 Å². The molecular formula is C24H25Cl3N6. The van der Waals surface area contributed by atoms with E-state index in [9.17, 15) is 0 Å². The SMILES string of the molecule is CN=C(N)NCCc1cc(NC)cc2c1[nH]c1ccc(Cl)cc12.N=Cc1ccc(Cl)c(Cl)c1. The number of aromatic amines is 1. The minimum atomic E-state index is 0.453. The van der Waals surface area contributed by atoms with Gasteiger partial charge in [0.05, 0.1) is 10.0 Å². The molecule has 0 spiro atoms. The lowest BCUT2D eigenvalue weighted by atomic mass is 10.0. The molecule has 3 aromatic carbocycles. The first kappa shape index (κ1) is 24.7. The van der Waals surface area contributed by atoms with Gasteiger partial charge in [0.2, 0.25) is 0 Å². The van der Waals surface area contributed by atoms with Crippen LogP contribution in [0, 0.1) is 5.41 Å². The fraction of sp³-hybridized carbons (Fsp3) is 0.167. The van der Waals surface area contributed by atoms with Gasteiger partial charge in [-0.25, -0.2) is 0 Å². The summed E-state index contributed by atoms with van der Waals surface area (Å²) in [4.78, 5) is 7.41. The van der Waals surface area contributed by atoms with Gasteiger partial charge in [-0.15, -0.1) is 0 Å². The molecule has 0 aliphatic rings. The Balaban J connectivity index is 0.000000257. The van der Waals surface area contributed by atoms with E-state index in [0.717, 1.165) is 45.7 Å². The summed E-state index contributed by atoms with van der Waals surface area (Å²) in [6.07, 6.45) is 2.06. The van der Waals surface area contributed by atoms with Crippen molar-refractivity contribution in [2.45, 2.75) is 6.42 Å². The Labute approximate surface area is 207 Å². The third-order valence-corrected chi connectivity index (χ3v) is 6.07. The van der Waals surface area contributed by atoms with Gasteiger partial charge in [-0.2, -0.15) is 0 Å². The second kappa shape index (κ2) is 11.3. The van der Waals surface area contributed by atoms with Crippen molar-refractivity contribution >= 4 is 74.5 Å². The molecule has 6 nitrogen and oxygen atoms in total. The number of aliphatic imine (C=N–C) groups is 1. The van der Waals surface area contributed by atoms with Crippen LogP contribution in [0.15, 0.2) is 53.5 Å². The normalized spacial score (nSPS) is 11.2. The predicted octanol–water partition coefficient (Wildman–Crippen LogP) is 6.08. The van der Waals surface area contributed by atoms with Crippen LogP contribution in [0.3, 0.4) is 0 Å². The molecule has 0 saturated carbocycles. The molecule has 0 amide bonds. The summed E-state index contributed by atoms with van der Waals surface area (Å²) < 4.78 is 0. The van der Waals surface area contributed by atoms with Crippen molar-refractivity contribution < 1.29 is 0 Å².